The molecule has 1 aromatic heterocycles. The van der Waals surface area contributed by atoms with Crippen molar-refractivity contribution in [3.63, 3.8) is 0 Å². The van der Waals surface area contributed by atoms with Crippen LogP contribution in [0.25, 0.3) is 0 Å². The Balaban J connectivity index is 2.22. The lowest BCUT2D eigenvalue weighted by Crippen LogP contribution is -2.34. The minimum atomic E-state index is -0.382. The van der Waals surface area contributed by atoms with Crippen LogP contribution in [0.4, 0.5) is 5.82 Å². The lowest BCUT2D eigenvalue weighted by Gasteiger charge is -2.26. The number of likely N-dealkylation sites (N-methyl/N-ethyl adjacent to an activating group) is 1. The van der Waals surface area contributed by atoms with Gasteiger partial charge in [0.25, 0.3) is 0 Å². The van der Waals surface area contributed by atoms with Gasteiger partial charge in [0.1, 0.15) is 18.2 Å². The summed E-state index contributed by atoms with van der Waals surface area (Å²) >= 11 is 0. The average molecular weight is 300 g/mol. The summed E-state index contributed by atoms with van der Waals surface area (Å²) < 4.78 is 5.04. The molecule has 1 atom stereocenters. The maximum atomic E-state index is 12.7. The normalized spacial score (nSPS) is 12.0. The van der Waals surface area contributed by atoms with Crippen LogP contribution in [0.3, 0.4) is 0 Å². The van der Waals surface area contributed by atoms with Gasteiger partial charge in [-0.25, -0.2) is 9.97 Å². The van der Waals surface area contributed by atoms with Crippen LogP contribution in [0.2, 0.25) is 0 Å². The third kappa shape index (κ3) is 3.79. The lowest BCUT2D eigenvalue weighted by molar-refractivity contribution is -0.121. The zero-order valence-corrected chi connectivity index (χ0v) is 13.0. The smallest absolute Gasteiger partial charge is 0.247 e. The largest absolute Gasteiger partial charge is 0.481 e. The highest BCUT2D eigenvalue weighted by Crippen LogP contribution is 2.21. The quantitative estimate of drug-likeness (QED) is 0.885. The number of carbonyl (C=O) groups is 1. The predicted octanol–water partition coefficient (Wildman–Crippen LogP) is 2.12. The molecular formula is C16H20N4O2. The molecule has 0 saturated carbocycles. The van der Waals surface area contributed by atoms with E-state index in [9.17, 15) is 4.79 Å². The first kappa shape index (κ1) is 15.9. The Morgan fingerprint density at radius 3 is 2.68 bits per heavy atom. The number of rotatable bonds is 6. The molecule has 6 heteroatoms. The minimum Gasteiger partial charge on any atom is -0.481 e. The summed E-state index contributed by atoms with van der Waals surface area (Å²) in [5, 5.41) is 2.82. The Bertz CT molecular complexity index is 619. The number of nitrogens with one attached hydrogen (secondary N) is 1. The van der Waals surface area contributed by atoms with E-state index in [1.807, 2.05) is 49.2 Å². The molecule has 0 bridgehead atoms. The first-order valence-corrected chi connectivity index (χ1v) is 7.07. The van der Waals surface area contributed by atoms with Crippen molar-refractivity contribution in [3.05, 3.63) is 48.3 Å². The number of ether oxygens (including phenoxy) is 1. The Hall–Kier alpha value is -2.47. The van der Waals surface area contributed by atoms with Gasteiger partial charge in [0.2, 0.25) is 11.8 Å². The topological polar surface area (TPSA) is 67.4 Å². The van der Waals surface area contributed by atoms with Crippen molar-refractivity contribution in [1.29, 1.82) is 0 Å². The molecule has 2 rings (SSSR count). The van der Waals surface area contributed by atoms with Gasteiger partial charge in [-0.1, -0.05) is 37.3 Å². The molecule has 0 spiro atoms. The summed E-state index contributed by atoms with van der Waals surface area (Å²) in [6.45, 7) is 2.76. The fourth-order valence-electron chi connectivity index (χ4n) is 2.14. The van der Waals surface area contributed by atoms with Crippen molar-refractivity contribution < 1.29 is 9.53 Å². The third-order valence-corrected chi connectivity index (χ3v) is 3.41. The molecule has 0 fully saturated rings. The molecule has 1 N–H and O–H groups in total. The molecule has 22 heavy (non-hydrogen) atoms. The number of hydrogen-bond donors (Lipinski definition) is 1. The van der Waals surface area contributed by atoms with Crippen LogP contribution in [0.15, 0.2) is 42.7 Å². The third-order valence-electron chi connectivity index (χ3n) is 3.41. The van der Waals surface area contributed by atoms with Gasteiger partial charge >= 0.3 is 0 Å². The van der Waals surface area contributed by atoms with E-state index in [0.29, 0.717) is 11.7 Å². The Morgan fingerprint density at radius 1 is 1.32 bits per heavy atom. The van der Waals surface area contributed by atoms with Gasteiger partial charge < -0.3 is 10.1 Å². The minimum absolute atomic E-state index is 0.142. The van der Waals surface area contributed by atoms with Gasteiger partial charge in [-0.3, -0.25) is 9.69 Å². The van der Waals surface area contributed by atoms with E-state index in [1.165, 1.54) is 13.4 Å². The molecule has 1 heterocycles. The van der Waals surface area contributed by atoms with Gasteiger partial charge in [-0.2, -0.15) is 0 Å². The van der Waals surface area contributed by atoms with E-state index in [1.54, 1.807) is 6.07 Å². The summed E-state index contributed by atoms with van der Waals surface area (Å²) in [7, 11) is 3.43. The Morgan fingerprint density at radius 2 is 2.05 bits per heavy atom. The van der Waals surface area contributed by atoms with Crippen LogP contribution in [0, 0.1) is 0 Å². The van der Waals surface area contributed by atoms with E-state index in [4.69, 9.17) is 4.74 Å². The molecule has 6 nitrogen and oxygen atoms in total. The second kappa shape index (κ2) is 7.51. The molecule has 2 aromatic rings. The summed E-state index contributed by atoms with van der Waals surface area (Å²) in [4.78, 5) is 22.6. The number of aromatic nitrogens is 2. The molecular weight excluding hydrogens is 280 g/mol. The van der Waals surface area contributed by atoms with E-state index in [0.717, 1.165) is 12.1 Å². The molecule has 0 aliphatic rings. The predicted molar refractivity (Wildman–Crippen MR) is 84.7 cm³/mol. The number of anilines is 1. The zero-order valence-electron chi connectivity index (χ0n) is 13.0. The second-order valence-electron chi connectivity index (χ2n) is 4.82. The maximum Gasteiger partial charge on any atom is 0.247 e. The molecule has 116 valence electrons. The number of hydrogen-bond acceptors (Lipinski definition) is 5. The molecule has 0 aliphatic carbocycles. The van der Waals surface area contributed by atoms with Gasteiger partial charge in [0.15, 0.2) is 0 Å². The zero-order chi connectivity index (χ0) is 15.9. The van der Waals surface area contributed by atoms with Crippen molar-refractivity contribution in [2.75, 3.05) is 26.0 Å². The van der Waals surface area contributed by atoms with Crippen LogP contribution < -0.4 is 10.1 Å². The number of methoxy groups -OCH3 is 1. The average Bonchev–Trinajstić information content (AvgIpc) is 2.56. The molecule has 0 aliphatic heterocycles. The van der Waals surface area contributed by atoms with E-state index in [-0.39, 0.29) is 11.9 Å². The van der Waals surface area contributed by atoms with Crippen molar-refractivity contribution >= 4 is 11.7 Å². The first-order chi connectivity index (χ1) is 10.7. The molecule has 0 saturated heterocycles. The van der Waals surface area contributed by atoms with Crippen molar-refractivity contribution in [1.82, 2.24) is 14.9 Å². The molecule has 1 aromatic carbocycles. The maximum absolute atomic E-state index is 12.7. The Labute approximate surface area is 130 Å². The fourth-order valence-corrected chi connectivity index (χ4v) is 2.14. The number of benzene rings is 1. The summed E-state index contributed by atoms with van der Waals surface area (Å²) in [6, 6.07) is 10.9. The highest BCUT2D eigenvalue weighted by atomic mass is 16.5. The number of nitrogens with zero attached hydrogens (tertiary/aromatic N) is 3. The van der Waals surface area contributed by atoms with Crippen molar-refractivity contribution in [2.24, 2.45) is 0 Å². The first-order valence-electron chi connectivity index (χ1n) is 7.07. The van der Waals surface area contributed by atoms with E-state index >= 15 is 0 Å². The Kier molecular flexibility index (Phi) is 5.43. The van der Waals surface area contributed by atoms with Crippen LogP contribution >= 0.6 is 0 Å². The highest BCUT2D eigenvalue weighted by molar-refractivity contribution is 5.94. The van der Waals surface area contributed by atoms with E-state index < -0.39 is 0 Å². The van der Waals surface area contributed by atoms with Crippen LogP contribution in [0.1, 0.15) is 18.5 Å². The molecule has 0 radical (unpaired) electrons. The van der Waals surface area contributed by atoms with Gasteiger partial charge in [-0.15, -0.1) is 0 Å². The number of amides is 1. The molecule has 1 amide bonds. The summed E-state index contributed by atoms with van der Waals surface area (Å²) in [5.41, 5.74) is 0.936. The molecule has 0 unspecified atom stereocenters. The lowest BCUT2D eigenvalue weighted by atomic mass is 10.0. The monoisotopic (exact) mass is 300 g/mol. The fraction of sp³-hybridized carbons (Fsp3) is 0.312. The van der Waals surface area contributed by atoms with Crippen molar-refractivity contribution in [3.8, 4) is 5.88 Å². The highest BCUT2D eigenvalue weighted by Gasteiger charge is 2.24. The van der Waals surface area contributed by atoms with Crippen LogP contribution in [-0.2, 0) is 4.79 Å². The summed E-state index contributed by atoms with van der Waals surface area (Å²) in [6.07, 6.45) is 1.36. The van der Waals surface area contributed by atoms with Crippen LogP contribution in [-0.4, -0.2) is 41.5 Å². The summed E-state index contributed by atoms with van der Waals surface area (Å²) in [5.74, 6) is 0.684. The van der Waals surface area contributed by atoms with Gasteiger partial charge in [0.05, 0.1) is 7.11 Å². The second-order valence-corrected chi connectivity index (χ2v) is 4.82. The SMILES string of the molecule is CCN(C)[C@@H](C(=O)Nc1cc(OC)ncn1)c1ccccc1. The van der Waals surface area contributed by atoms with Crippen molar-refractivity contribution in [2.45, 2.75) is 13.0 Å². The van der Waals surface area contributed by atoms with Crippen LogP contribution in [0.5, 0.6) is 5.88 Å². The van der Waals surface area contributed by atoms with E-state index in [2.05, 4.69) is 15.3 Å². The van der Waals surface area contributed by atoms with Gasteiger partial charge in [0, 0.05) is 6.07 Å². The van der Waals surface area contributed by atoms with Gasteiger partial charge in [-0.05, 0) is 19.2 Å². The standard InChI is InChI=1S/C16H20N4O2/c1-4-20(2)15(12-8-6-5-7-9-12)16(21)19-13-10-14(22-3)18-11-17-13/h5-11,15H,4H2,1-3H3,(H,17,18,19,21)/t15-/m1/s1. The number of carbonyl (C=O) groups excluding carboxylic acids is 1.